The second-order valence-electron chi connectivity index (χ2n) is 11.0. The summed E-state index contributed by atoms with van der Waals surface area (Å²) in [7, 11) is -2.86. The Labute approximate surface area is 253 Å². The fourth-order valence-electron chi connectivity index (χ4n) is 4.83. The van der Waals surface area contributed by atoms with Crippen LogP contribution in [0.25, 0.3) is 0 Å². The van der Waals surface area contributed by atoms with Crippen LogP contribution in [0, 0.1) is 0 Å². The molecular weight excluding hydrogens is 552 g/mol. The number of hydrogen-bond acceptors (Lipinski definition) is 8. The molecule has 0 unspecified atom stereocenters. The summed E-state index contributed by atoms with van der Waals surface area (Å²) in [5.41, 5.74) is 2.11. The third-order valence-corrected chi connectivity index (χ3v) is 9.05. The first-order valence-electron chi connectivity index (χ1n) is 15.8. The lowest BCUT2D eigenvalue weighted by Gasteiger charge is -2.28. The second kappa shape index (κ2) is 19.3. The maximum absolute atomic E-state index is 11.9. The van der Waals surface area contributed by atoms with Crippen LogP contribution in [0.4, 0.5) is 11.4 Å². The monoisotopic (exact) mass is 602 g/mol. The van der Waals surface area contributed by atoms with Gasteiger partial charge < -0.3 is 24.4 Å². The molecule has 0 bridgehead atoms. The van der Waals surface area contributed by atoms with Gasteiger partial charge in [-0.25, -0.2) is 13.2 Å². The molecule has 2 aromatic rings. The fourth-order valence-corrected chi connectivity index (χ4v) is 6.03. The summed E-state index contributed by atoms with van der Waals surface area (Å²) in [6.07, 6.45) is 12.5. The molecule has 1 N–H and O–H groups in total. The van der Waals surface area contributed by atoms with E-state index in [0.717, 1.165) is 62.2 Å². The average molecular weight is 603 g/mol. The highest BCUT2D eigenvalue weighted by molar-refractivity contribution is 7.91. The van der Waals surface area contributed by atoms with Gasteiger partial charge in [-0.15, -0.1) is 0 Å². The largest absolute Gasteiger partial charge is 0.494 e. The lowest BCUT2D eigenvalue weighted by Crippen LogP contribution is -2.40. The van der Waals surface area contributed by atoms with Crippen LogP contribution in [0.5, 0.6) is 11.5 Å². The van der Waals surface area contributed by atoms with Crippen LogP contribution in [-0.2, 0) is 19.4 Å². The minimum absolute atomic E-state index is 0.0643. The Bertz CT molecular complexity index is 1110. The number of nitrogens with one attached hydrogen (secondary N) is 1. The van der Waals surface area contributed by atoms with Crippen molar-refractivity contribution < 1.29 is 27.4 Å². The zero-order chi connectivity index (χ0) is 29.9. The third kappa shape index (κ3) is 13.8. The van der Waals surface area contributed by atoms with E-state index in [4.69, 9.17) is 14.2 Å². The van der Waals surface area contributed by atoms with Gasteiger partial charge in [0.1, 0.15) is 11.5 Å². The molecule has 1 aliphatic heterocycles. The zero-order valence-corrected chi connectivity index (χ0v) is 26.2. The van der Waals surface area contributed by atoms with E-state index in [1.807, 2.05) is 48.5 Å². The van der Waals surface area contributed by atoms with Crippen LogP contribution in [0.15, 0.2) is 48.5 Å². The smallest absolute Gasteiger partial charge is 0.344 e. The van der Waals surface area contributed by atoms with E-state index in [2.05, 4.69) is 17.1 Å². The molecule has 42 heavy (non-hydrogen) atoms. The molecule has 2 aromatic carbocycles. The molecule has 234 valence electrons. The number of hydrogen-bond donors (Lipinski definition) is 1. The summed E-state index contributed by atoms with van der Waals surface area (Å²) in [5, 5.41) is 3.39. The standard InChI is InChI=1S/C33H50N2O6S/c1-2-3-10-21-34-29-13-17-32(18-14-29)41-28-33(36)40-25-12-9-7-5-4-6-8-11-24-39-31-19-15-30(16-20-31)35-22-26-42(37,38)27-23-35/h13-20,34H,2-12,21-28H2,1H3. The molecule has 1 fully saturated rings. The Morgan fingerprint density at radius 3 is 1.95 bits per heavy atom. The van der Waals surface area contributed by atoms with Gasteiger partial charge in [0, 0.05) is 31.0 Å². The van der Waals surface area contributed by atoms with Gasteiger partial charge in [-0.2, -0.15) is 0 Å². The molecule has 0 spiro atoms. The van der Waals surface area contributed by atoms with Crippen LogP contribution in [0.3, 0.4) is 0 Å². The van der Waals surface area contributed by atoms with Crippen molar-refractivity contribution in [1.82, 2.24) is 0 Å². The topological polar surface area (TPSA) is 94.2 Å². The molecule has 1 saturated heterocycles. The Kier molecular flexibility index (Phi) is 15.4. The van der Waals surface area contributed by atoms with E-state index in [-0.39, 0.29) is 24.1 Å². The first kappa shape index (κ1) is 33.6. The Morgan fingerprint density at radius 1 is 0.738 bits per heavy atom. The molecule has 9 heteroatoms. The normalized spacial score (nSPS) is 14.4. The number of ether oxygens (including phenoxy) is 3. The number of rotatable bonds is 21. The van der Waals surface area contributed by atoms with Crippen LogP contribution in [0.1, 0.15) is 77.6 Å². The van der Waals surface area contributed by atoms with Gasteiger partial charge in [-0.05, 0) is 67.8 Å². The summed E-state index contributed by atoms with van der Waals surface area (Å²) in [5.74, 6) is 1.65. The van der Waals surface area contributed by atoms with E-state index >= 15 is 0 Å². The summed E-state index contributed by atoms with van der Waals surface area (Å²) in [6.45, 7) is 5.36. The fraction of sp³-hybridized carbons (Fsp3) is 0.606. The number of nitrogens with zero attached hydrogens (tertiary/aromatic N) is 1. The maximum atomic E-state index is 11.9. The molecule has 0 radical (unpaired) electrons. The highest BCUT2D eigenvalue weighted by atomic mass is 32.2. The Balaban J connectivity index is 1.10. The number of unbranched alkanes of at least 4 members (excludes halogenated alkanes) is 9. The Hall–Kier alpha value is -2.94. The summed E-state index contributed by atoms with van der Waals surface area (Å²) in [4.78, 5) is 14.1. The van der Waals surface area contributed by atoms with Crippen molar-refractivity contribution in [2.24, 2.45) is 0 Å². The summed E-state index contributed by atoms with van der Waals surface area (Å²) >= 11 is 0. The molecule has 1 aliphatic rings. The van der Waals surface area contributed by atoms with Gasteiger partial charge in [-0.3, -0.25) is 0 Å². The number of carbonyl (C=O) groups excluding carboxylic acids is 1. The van der Waals surface area contributed by atoms with Gasteiger partial charge in [0.25, 0.3) is 0 Å². The number of esters is 1. The number of anilines is 2. The van der Waals surface area contributed by atoms with Crippen LogP contribution >= 0.6 is 0 Å². The van der Waals surface area contributed by atoms with Gasteiger partial charge in [-0.1, -0.05) is 58.3 Å². The van der Waals surface area contributed by atoms with E-state index in [0.29, 0.717) is 32.1 Å². The minimum atomic E-state index is -2.86. The molecule has 0 saturated carbocycles. The second-order valence-corrected chi connectivity index (χ2v) is 13.3. The zero-order valence-electron chi connectivity index (χ0n) is 25.4. The first-order valence-corrected chi connectivity index (χ1v) is 17.6. The number of sulfone groups is 1. The third-order valence-electron chi connectivity index (χ3n) is 7.44. The SMILES string of the molecule is CCCCCNc1ccc(OCC(=O)OCCCCCCCCCCOc2ccc(N3CCS(=O)(=O)CC3)cc2)cc1. The molecule has 1 heterocycles. The van der Waals surface area contributed by atoms with E-state index in [1.54, 1.807) is 0 Å². The molecule has 0 aliphatic carbocycles. The lowest BCUT2D eigenvalue weighted by atomic mass is 10.1. The summed E-state index contributed by atoms with van der Waals surface area (Å²) < 4.78 is 39.9. The van der Waals surface area contributed by atoms with E-state index in [9.17, 15) is 13.2 Å². The van der Waals surface area contributed by atoms with Crippen molar-refractivity contribution in [2.45, 2.75) is 77.6 Å². The van der Waals surface area contributed by atoms with Gasteiger partial charge >= 0.3 is 5.97 Å². The van der Waals surface area contributed by atoms with E-state index < -0.39 is 9.84 Å². The first-order chi connectivity index (χ1) is 20.4. The van der Waals surface area contributed by atoms with Crippen LogP contribution in [0.2, 0.25) is 0 Å². The van der Waals surface area contributed by atoms with Crippen molar-refractivity contribution in [3.05, 3.63) is 48.5 Å². The molecule has 8 nitrogen and oxygen atoms in total. The molecule has 0 amide bonds. The lowest BCUT2D eigenvalue weighted by molar-refractivity contribution is -0.146. The molecule has 0 aromatic heterocycles. The van der Waals surface area contributed by atoms with E-state index in [1.165, 1.54) is 32.1 Å². The van der Waals surface area contributed by atoms with Gasteiger partial charge in [0.15, 0.2) is 16.4 Å². The van der Waals surface area contributed by atoms with Crippen molar-refractivity contribution in [1.29, 1.82) is 0 Å². The predicted molar refractivity (Wildman–Crippen MR) is 171 cm³/mol. The molecule has 0 atom stereocenters. The highest BCUT2D eigenvalue weighted by Crippen LogP contribution is 2.22. The number of carbonyl (C=O) groups is 1. The number of benzene rings is 2. The van der Waals surface area contributed by atoms with Gasteiger partial charge in [0.05, 0.1) is 24.7 Å². The van der Waals surface area contributed by atoms with Crippen molar-refractivity contribution >= 4 is 27.2 Å². The highest BCUT2D eigenvalue weighted by Gasteiger charge is 2.21. The molecular formula is C33H50N2O6S. The van der Waals surface area contributed by atoms with Crippen LogP contribution < -0.4 is 19.7 Å². The quantitative estimate of drug-likeness (QED) is 0.125. The minimum Gasteiger partial charge on any atom is -0.494 e. The van der Waals surface area contributed by atoms with Crippen molar-refractivity contribution in [2.75, 3.05) is 61.2 Å². The average Bonchev–Trinajstić information content (AvgIpc) is 3.00. The van der Waals surface area contributed by atoms with Crippen molar-refractivity contribution in [3.8, 4) is 11.5 Å². The van der Waals surface area contributed by atoms with Crippen LogP contribution in [-0.4, -0.2) is 65.3 Å². The predicted octanol–water partition coefficient (Wildman–Crippen LogP) is 6.65. The summed E-state index contributed by atoms with van der Waals surface area (Å²) in [6, 6.07) is 15.6. The molecule has 3 rings (SSSR count). The van der Waals surface area contributed by atoms with Crippen molar-refractivity contribution in [3.63, 3.8) is 0 Å². The van der Waals surface area contributed by atoms with Gasteiger partial charge in [0.2, 0.25) is 0 Å². The Morgan fingerprint density at radius 2 is 1.31 bits per heavy atom. The maximum Gasteiger partial charge on any atom is 0.344 e.